The van der Waals surface area contributed by atoms with E-state index in [4.69, 9.17) is 9.84 Å². The van der Waals surface area contributed by atoms with Gasteiger partial charge in [0.05, 0.1) is 18.7 Å². The number of aromatic nitrogens is 1. The summed E-state index contributed by atoms with van der Waals surface area (Å²) in [5.41, 5.74) is 0.811. The van der Waals surface area contributed by atoms with Crippen molar-refractivity contribution in [2.24, 2.45) is 0 Å². The molecule has 1 aromatic heterocycles. The zero-order valence-electron chi connectivity index (χ0n) is 11.6. The molecule has 1 heterocycles. The fourth-order valence-electron chi connectivity index (χ4n) is 1.51. The molecule has 0 fully saturated rings. The standard InChI is InChI=1S/C13H19N3O4/c1-3-10-6-9(13(18)19)7-11(16-10)15-8-12(17)14-4-5-20-2/h6-7H,3-5,8H2,1-2H3,(H,14,17)(H,15,16)(H,18,19). The summed E-state index contributed by atoms with van der Waals surface area (Å²) in [4.78, 5) is 26.7. The lowest BCUT2D eigenvalue weighted by molar-refractivity contribution is -0.119. The molecule has 1 rings (SSSR count). The van der Waals surface area contributed by atoms with Crippen LogP contribution in [0.2, 0.25) is 0 Å². The van der Waals surface area contributed by atoms with Crippen LogP contribution in [0, 0.1) is 0 Å². The van der Waals surface area contributed by atoms with Gasteiger partial charge in [-0.15, -0.1) is 0 Å². The van der Waals surface area contributed by atoms with Gasteiger partial charge < -0.3 is 20.5 Å². The van der Waals surface area contributed by atoms with Gasteiger partial charge in [-0.2, -0.15) is 0 Å². The molecule has 0 radical (unpaired) electrons. The Morgan fingerprint density at radius 2 is 2.15 bits per heavy atom. The average Bonchev–Trinajstić information content (AvgIpc) is 2.45. The van der Waals surface area contributed by atoms with Crippen LogP contribution in [0.5, 0.6) is 0 Å². The van der Waals surface area contributed by atoms with Crippen molar-refractivity contribution in [3.05, 3.63) is 23.4 Å². The van der Waals surface area contributed by atoms with Crippen molar-refractivity contribution in [3.63, 3.8) is 0 Å². The Morgan fingerprint density at radius 3 is 2.75 bits per heavy atom. The lowest BCUT2D eigenvalue weighted by atomic mass is 10.2. The quantitative estimate of drug-likeness (QED) is 0.600. The molecule has 7 heteroatoms. The Kier molecular flexibility index (Phi) is 6.45. The number of carbonyl (C=O) groups is 2. The van der Waals surface area contributed by atoms with Gasteiger partial charge in [0.1, 0.15) is 5.82 Å². The molecule has 0 aliphatic carbocycles. The number of anilines is 1. The van der Waals surface area contributed by atoms with Crippen molar-refractivity contribution in [2.75, 3.05) is 32.1 Å². The van der Waals surface area contributed by atoms with Crippen molar-refractivity contribution in [3.8, 4) is 0 Å². The third kappa shape index (κ3) is 5.23. The summed E-state index contributed by atoms with van der Waals surface area (Å²) in [6, 6.07) is 2.93. The molecule has 20 heavy (non-hydrogen) atoms. The summed E-state index contributed by atoms with van der Waals surface area (Å²) < 4.78 is 4.81. The van der Waals surface area contributed by atoms with Crippen LogP contribution < -0.4 is 10.6 Å². The molecule has 0 atom stereocenters. The second-order valence-electron chi connectivity index (χ2n) is 4.09. The number of rotatable bonds is 8. The number of nitrogens with one attached hydrogen (secondary N) is 2. The Bertz CT molecular complexity index is 477. The maximum atomic E-state index is 11.5. The highest BCUT2D eigenvalue weighted by Crippen LogP contribution is 2.11. The molecule has 0 aliphatic rings. The molecule has 0 unspecified atom stereocenters. The Hall–Kier alpha value is -2.15. The SMILES string of the molecule is CCc1cc(C(=O)O)cc(NCC(=O)NCCOC)n1. The van der Waals surface area contributed by atoms with Crippen LogP contribution in [-0.4, -0.2) is 48.8 Å². The topological polar surface area (TPSA) is 101 Å². The minimum atomic E-state index is -1.02. The molecule has 7 nitrogen and oxygen atoms in total. The molecule has 0 bridgehead atoms. The first-order valence-corrected chi connectivity index (χ1v) is 6.30. The highest BCUT2D eigenvalue weighted by atomic mass is 16.5. The second-order valence-corrected chi connectivity index (χ2v) is 4.09. The molecular formula is C13H19N3O4. The molecule has 110 valence electrons. The van der Waals surface area contributed by atoms with E-state index in [1.807, 2.05) is 6.92 Å². The number of ether oxygens (including phenoxy) is 1. The number of hydrogen-bond acceptors (Lipinski definition) is 5. The number of carboxylic acid groups (broad SMARTS) is 1. The normalized spacial score (nSPS) is 10.1. The zero-order valence-corrected chi connectivity index (χ0v) is 11.6. The highest BCUT2D eigenvalue weighted by Gasteiger charge is 2.08. The van der Waals surface area contributed by atoms with Gasteiger partial charge in [-0.3, -0.25) is 4.79 Å². The van der Waals surface area contributed by atoms with Gasteiger partial charge in [0.25, 0.3) is 0 Å². The van der Waals surface area contributed by atoms with Crippen LogP contribution in [0.4, 0.5) is 5.82 Å². The largest absolute Gasteiger partial charge is 0.478 e. The Balaban J connectivity index is 2.60. The minimum absolute atomic E-state index is 0.0307. The number of methoxy groups -OCH3 is 1. The van der Waals surface area contributed by atoms with E-state index in [0.29, 0.717) is 31.1 Å². The van der Waals surface area contributed by atoms with Crippen LogP contribution in [0.1, 0.15) is 23.0 Å². The summed E-state index contributed by atoms with van der Waals surface area (Å²) in [6.07, 6.45) is 0.621. The lowest BCUT2D eigenvalue weighted by Gasteiger charge is -2.09. The summed E-state index contributed by atoms with van der Waals surface area (Å²) in [5, 5.41) is 14.5. The Morgan fingerprint density at radius 1 is 1.40 bits per heavy atom. The average molecular weight is 281 g/mol. The van der Waals surface area contributed by atoms with Crippen LogP contribution in [-0.2, 0) is 16.0 Å². The third-order valence-electron chi connectivity index (χ3n) is 2.55. The van der Waals surface area contributed by atoms with Crippen molar-refractivity contribution in [2.45, 2.75) is 13.3 Å². The summed E-state index contributed by atoms with van der Waals surface area (Å²) in [7, 11) is 1.55. The molecule has 0 saturated heterocycles. The smallest absolute Gasteiger partial charge is 0.335 e. The van der Waals surface area contributed by atoms with Crippen molar-refractivity contribution in [1.82, 2.24) is 10.3 Å². The van der Waals surface area contributed by atoms with Crippen LogP contribution in [0.25, 0.3) is 0 Å². The number of hydrogen-bond donors (Lipinski definition) is 3. The first-order valence-electron chi connectivity index (χ1n) is 6.30. The van der Waals surface area contributed by atoms with Gasteiger partial charge in [-0.25, -0.2) is 9.78 Å². The van der Waals surface area contributed by atoms with Gasteiger partial charge >= 0.3 is 5.97 Å². The van der Waals surface area contributed by atoms with Gasteiger partial charge in [-0.05, 0) is 18.6 Å². The monoisotopic (exact) mass is 281 g/mol. The number of nitrogens with zero attached hydrogens (tertiary/aromatic N) is 1. The molecule has 0 saturated carbocycles. The number of aromatic carboxylic acids is 1. The Labute approximate surface area is 117 Å². The minimum Gasteiger partial charge on any atom is -0.478 e. The molecule has 0 aliphatic heterocycles. The van der Waals surface area contributed by atoms with E-state index in [0.717, 1.165) is 0 Å². The first kappa shape index (κ1) is 15.9. The molecule has 0 spiro atoms. The molecule has 3 N–H and O–H groups in total. The second kappa shape index (κ2) is 8.11. The van der Waals surface area contributed by atoms with Gasteiger partial charge in [0.2, 0.25) is 5.91 Å². The third-order valence-corrected chi connectivity index (χ3v) is 2.55. The highest BCUT2D eigenvalue weighted by molar-refractivity contribution is 5.89. The van der Waals surface area contributed by atoms with Gasteiger partial charge in [-0.1, -0.05) is 6.92 Å². The number of aryl methyl sites for hydroxylation is 1. The summed E-state index contributed by atoms with van der Waals surface area (Å²) in [5.74, 6) is -0.846. The van der Waals surface area contributed by atoms with Crippen molar-refractivity contribution in [1.29, 1.82) is 0 Å². The fourth-order valence-corrected chi connectivity index (χ4v) is 1.51. The van der Waals surface area contributed by atoms with Crippen LogP contribution in [0.15, 0.2) is 12.1 Å². The number of pyridine rings is 1. The molecule has 0 aromatic carbocycles. The fraction of sp³-hybridized carbons (Fsp3) is 0.462. The summed E-state index contributed by atoms with van der Waals surface area (Å²) >= 11 is 0. The van der Waals surface area contributed by atoms with Crippen LogP contribution in [0.3, 0.4) is 0 Å². The molecular weight excluding hydrogens is 262 g/mol. The number of amides is 1. The predicted octanol–water partition coefficient (Wildman–Crippen LogP) is 0.517. The maximum absolute atomic E-state index is 11.5. The first-order chi connectivity index (χ1) is 9.56. The van der Waals surface area contributed by atoms with Crippen molar-refractivity contribution >= 4 is 17.7 Å². The number of carbonyl (C=O) groups excluding carboxylic acids is 1. The van der Waals surface area contributed by atoms with E-state index >= 15 is 0 Å². The number of carboxylic acids is 1. The predicted molar refractivity (Wildman–Crippen MR) is 73.9 cm³/mol. The van der Waals surface area contributed by atoms with Gasteiger partial charge in [0.15, 0.2) is 0 Å². The maximum Gasteiger partial charge on any atom is 0.335 e. The van der Waals surface area contributed by atoms with E-state index in [1.165, 1.54) is 12.1 Å². The lowest BCUT2D eigenvalue weighted by Crippen LogP contribution is -2.32. The summed E-state index contributed by atoms with van der Waals surface area (Å²) in [6.45, 7) is 2.79. The van der Waals surface area contributed by atoms with E-state index in [-0.39, 0.29) is 18.0 Å². The van der Waals surface area contributed by atoms with Crippen LogP contribution >= 0.6 is 0 Å². The van der Waals surface area contributed by atoms with E-state index in [1.54, 1.807) is 7.11 Å². The van der Waals surface area contributed by atoms with E-state index < -0.39 is 5.97 Å². The van der Waals surface area contributed by atoms with Gasteiger partial charge in [0, 0.05) is 19.3 Å². The molecule has 1 amide bonds. The zero-order chi connectivity index (χ0) is 15.0. The van der Waals surface area contributed by atoms with E-state index in [2.05, 4.69) is 15.6 Å². The van der Waals surface area contributed by atoms with Crippen molar-refractivity contribution < 1.29 is 19.4 Å². The molecule has 1 aromatic rings. The van der Waals surface area contributed by atoms with E-state index in [9.17, 15) is 9.59 Å².